The average Bonchev–Trinajstić information content (AvgIpc) is 2.51. The van der Waals surface area contributed by atoms with Crippen molar-refractivity contribution in [3.8, 4) is 11.5 Å². The number of rotatable bonds is 7. The highest BCUT2D eigenvalue weighted by molar-refractivity contribution is 5.90. The number of esters is 1. The van der Waals surface area contributed by atoms with Gasteiger partial charge in [-0.05, 0) is 57.4 Å². The van der Waals surface area contributed by atoms with E-state index in [-0.39, 0.29) is 0 Å². The van der Waals surface area contributed by atoms with Crippen LogP contribution in [0.5, 0.6) is 11.5 Å². The molecule has 0 bridgehead atoms. The van der Waals surface area contributed by atoms with Crippen LogP contribution >= 0.6 is 0 Å². The average molecular weight is 304 g/mol. The Morgan fingerprint density at radius 3 is 2.45 bits per heavy atom. The van der Waals surface area contributed by atoms with Crippen molar-refractivity contribution in [2.45, 2.75) is 33.6 Å². The van der Waals surface area contributed by atoms with Gasteiger partial charge in [-0.2, -0.15) is 0 Å². The molecule has 0 aromatic heterocycles. The van der Waals surface area contributed by atoms with E-state index in [4.69, 9.17) is 9.47 Å². The van der Waals surface area contributed by atoms with Crippen molar-refractivity contribution in [2.75, 3.05) is 14.2 Å². The van der Waals surface area contributed by atoms with Crippen molar-refractivity contribution in [1.82, 2.24) is 0 Å². The third-order valence-electron chi connectivity index (χ3n) is 3.06. The van der Waals surface area contributed by atoms with E-state index in [0.29, 0.717) is 17.1 Å². The maximum Gasteiger partial charge on any atom is 0.337 e. The molecule has 1 rings (SSSR count). The second kappa shape index (κ2) is 8.93. The first-order valence-electron chi connectivity index (χ1n) is 7.20. The zero-order chi connectivity index (χ0) is 16.5. The van der Waals surface area contributed by atoms with Crippen molar-refractivity contribution >= 4 is 5.97 Å². The standard InChI is InChI=1S/C18H24O4/c1-13(2)7-6-8-14(3)12-22-16-10-9-15(18(19)21-5)11-17(16)20-4/h7,9-12H,6,8H2,1-5H3/b14-12+. The Hall–Kier alpha value is -2.23. The van der Waals surface area contributed by atoms with E-state index in [1.165, 1.54) is 19.8 Å². The molecule has 0 aliphatic rings. The van der Waals surface area contributed by atoms with Gasteiger partial charge >= 0.3 is 5.97 Å². The molecule has 120 valence electrons. The van der Waals surface area contributed by atoms with Crippen LogP contribution in [0.3, 0.4) is 0 Å². The summed E-state index contributed by atoms with van der Waals surface area (Å²) >= 11 is 0. The lowest BCUT2D eigenvalue weighted by Crippen LogP contribution is -2.02. The number of methoxy groups -OCH3 is 2. The summed E-state index contributed by atoms with van der Waals surface area (Å²) in [4.78, 5) is 11.5. The lowest BCUT2D eigenvalue weighted by Gasteiger charge is -2.09. The van der Waals surface area contributed by atoms with Crippen molar-refractivity contribution in [3.05, 3.63) is 47.2 Å². The molecule has 0 atom stereocenters. The number of allylic oxidation sites excluding steroid dienone is 3. The summed E-state index contributed by atoms with van der Waals surface area (Å²) in [5.41, 5.74) is 2.88. The summed E-state index contributed by atoms with van der Waals surface area (Å²) in [6.45, 7) is 6.20. The van der Waals surface area contributed by atoms with Crippen LogP contribution in [-0.4, -0.2) is 20.2 Å². The van der Waals surface area contributed by atoms with Crippen LogP contribution in [0, 0.1) is 0 Å². The van der Waals surface area contributed by atoms with Crippen LogP contribution in [0.2, 0.25) is 0 Å². The highest BCUT2D eigenvalue weighted by Gasteiger charge is 2.10. The molecule has 4 heteroatoms. The monoisotopic (exact) mass is 304 g/mol. The molecule has 0 aliphatic carbocycles. The van der Waals surface area contributed by atoms with E-state index < -0.39 is 5.97 Å². The minimum Gasteiger partial charge on any atom is -0.493 e. The number of hydrogen-bond donors (Lipinski definition) is 0. The molecule has 0 aliphatic heterocycles. The summed E-state index contributed by atoms with van der Waals surface area (Å²) in [6.07, 6.45) is 5.84. The van der Waals surface area contributed by atoms with E-state index in [1.807, 2.05) is 6.92 Å². The quantitative estimate of drug-likeness (QED) is 0.422. The van der Waals surface area contributed by atoms with Crippen LogP contribution in [-0.2, 0) is 4.74 Å². The van der Waals surface area contributed by atoms with E-state index in [9.17, 15) is 4.79 Å². The molecule has 1 aromatic carbocycles. The predicted molar refractivity (Wildman–Crippen MR) is 87.4 cm³/mol. The first-order valence-corrected chi connectivity index (χ1v) is 7.20. The molecule has 0 spiro atoms. The number of ether oxygens (including phenoxy) is 3. The summed E-state index contributed by atoms with van der Waals surface area (Å²) in [5, 5.41) is 0. The van der Waals surface area contributed by atoms with Crippen molar-refractivity contribution in [3.63, 3.8) is 0 Å². The maximum absolute atomic E-state index is 11.5. The number of hydrogen-bond acceptors (Lipinski definition) is 4. The van der Waals surface area contributed by atoms with Crippen LogP contribution in [0.1, 0.15) is 44.0 Å². The van der Waals surface area contributed by atoms with Gasteiger partial charge in [-0.1, -0.05) is 11.6 Å². The molecule has 0 amide bonds. The van der Waals surface area contributed by atoms with Crippen LogP contribution in [0.4, 0.5) is 0 Å². The van der Waals surface area contributed by atoms with Gasteiger partial charge in [0.2, 0.25) is 0 Å². The van der Waals surface area contributed by atoms with Crippen LogP contribution < -0.4 is 9.47 Å². The molecule has 0 saturated heterocycles. The molecule has 1 aromatic rings. The molecular formula is C18H24O4. The Morgan fingerprint density at radius 2 is 1.86 bits per heavy atom. The highest BCUT2D eigenvalue weighted by atomic mass is 16.5. The Morgan fingerprint density at radius 1 is 1.14 bits per heavy atom. The molecular weight excluding hydrogens is 280 g/mol. The minimum atomic E-state index is -0.404. The zero-order valence-electron chi connectivity index (χ0n) is 13.9. The number of carbonyl (C=O) groups is 1. The van der Waals surface area contributed by atoms with Gasteiger partial charge in [0.05, 0.1) is 26.0 Å². The number of benzene rings is 1. The Labute approximate surface area is 132 Å². The normalized spacial score (nSPS) is 10.9. The fourth-order valence-corrected chi connectivity index (χ4v) is 1.82. The smallest absolute Gasteiger partial charge is 0.337 e. The van der Waals surface area contributed by atoms with Crippen molar-refractivity contribution in [1.29, 1.82) is 0 Å². The summed E-state index contributed by atoms with van der Waals surface area (Å²) in [6, 6.07) is 4.95. The van der Waals surface area contributed by atoms with Gasteiger partial charge < -0.3 is 14.2 Å². The minimum absolute atomic E-state index is 0.404. The van der Waals surface area contributed by atoms with E-state index in [0.717, 1.165) is 18.4 Å². The van der Waals surface area contributed by atoms with Gasteiger partial charge in [0.1, 0.15) is 0 Å². The lowest BCUT2D eigenvalue weighted by atomic mass is 10.1. The fourth-order valence-electron chi connectivity index (χ4n) is 1.82. The molecule has 22 heavy (non-hydrogen) atoms. The van der Waals surface area contributed by atoms with Gasteiger partial charge in [-0.15, -0.1) is 0 Å². The first-order chi connectivity index (χ1) is 10.5. The zero-order valence-corrected chi connectivity index (χ0v) is 13.9. The highest BCUT2D eigenvalue weighted by Crippen LogP contribution is 2.29. The lowest BCUT2D eigenvalue weighted by molar-refractivity contribution is 0.0600. The van der Waals surface area contributed by atoms with Crippen molar-refractivity contribution < 1.29 is 19.0 Å². The number of carbonyl (C=O) groups excluding carboxylic acids is 1. The molecule has 0 heterocycles. The van der Waals surface area contributed by atoms with Crippen LogP contribution in [0.15, 0.2) is 41.7 Å². The Kier molecular flexibility index (Phi) is 7.23. The Balaban J connectivity index is 2.76. The molecule has 0 radical (unpaired) electrons. The van der Waals surface area contributed by atoms with E-state index in [2.05, 4.69) is 24.7 Å². The van der Waals surface area contributed by atoms with Gasteiger partial charge in [0.25, 0.3) is 0 Å². The largest absolute Gasteiger partial charge is 0.493 e. The van der Waals surface area contributed by atoms with Gasteiger partial charge in [0, 0.05) is 0 Å². The molecule has 0 N–H and O–H groups in total. The first kappa shape index (κ1) is 17.8. The van der Waals surface area contributed by atoms with Gasteiger partial charge in [-0.3, -0.25) is 0 Å². The molecule has 0 unspecified atom stereocenters. The summed E-state index contributed by atoms with van der Waals surface area (Å²) in [7, 11) is 2.88. The van der Waals surface area contributed by atoms with Crippen molar-refractivity contribution in [2.24, 2.45) is 0 Å². The summed E-state index contributed by atoms with van der Waals surface area (Å²) < 4.78 is 15.6. The van der Waals surface area contributed by atoms with Gasteiger partial charge in [-0.25, -0.2) is 4.79 Å². The SMILES string of the molecule is COC(=O)c1ccc(O/C=C(\C)CCC=C(C)C)c(OC)c1. The van der Waals surface area contributed by atoms with Crippen LogP contribution in [0.25, 0.3) is 0 Å². The third-order valence-corrected chi connectivity index (χ3v) is 3.06. The van der Waals surface area contributed by atoms with Gasteiger partial charge in [0.15, 0.2) is 11.5 Å². The Bertz CT molecular complexity index is 566. The van der Waals surface area contributed by atoms with E-state index in [1.54, 1.807) is 24.5 Å². The third kappa shape index (κ3) is 5.64. The topological polar surface area (TPSA) is 44.8 Å². The second-order valence-corrected chi connectivity index (χ2v) is 5.26. The molecule has 4 nitrogen and oxygen atoms in total. The second-order valence-electron chi connectivity index (χ2n) is 5.26. The summed E-state index contributed by atoms with van der Waals surface area (Å²) in [5.74, 6) is 0.659. The molecule has 0 fully saturated rings. The maximum atomic E-state index is 11.5. The predicted octanol–water partition coefficient (Wildman–Crippen LogP) is 4.51. The molecule has 0 saturated carbocycles. The fraction of sp³-hybridized carbons (Fsp3) is 0.389. The van der Waals surface area contributed by atoms with E-state index >= 15 is 0 Å².